The highest BCUT2D eigenvalue weighted by Gasteiger charge is 2.30. The molecule has 0 aliphatic carbocycles. The highest BCUT2D eigenvalue weighted by Crippen LogP contribution is 2.31. The summed E-state index contributed by atoms with van der Waals surface area (Å²) in [5.41, 5.74) is 1.86. The number of aryl methyl sites for hydroxylation is 2. The number of carbonyl (C=O) groups is 3. The number of hydrogen-bond donors (Lipinski definition) is 1. The molecule has 0 spiro atoms. The maximum absolute atomic E-state index is 12.9. The number of benzene rings is 1. The molecule has 7 nitrogen and oxygen atoms in total. The number of thiazole rings is 1. The average Bonchev–Trinajstić information content (AvgIpc) is 3.04. The number of ether oxygens (including phenoxy) is 1. The first-order chi connectivity index (χ1) is 13.4. The Morgan fingerprint density at radius 2 is 2.00 bits per heavy atom. The Balaban J connectivity index is 1.42. The third-order valence-corrected chi connectivity index (χ3v) is 6.21. The molecular formula is C20H21N3O4S. The molecule has 0 atom stereocenters. The van der Waals surface area contributed by atoms with E-state index in [1.165, 1.54) is 11.3 Å². The van der Waals surface area contributed by atoms with Crippen LogP contribution in [0.1, 0.15) is 43.6 Å². The number of amides is 2. The molecule has 8 heteroatoms. The number of likely N-dealkylation sites (tertiary alicyclic amines) is 1. The second-order valence-electron chi connectivity index (χ2n) is 7.13. The van der Waals surface area contributed by atoms with Gasteiger partial charge in [-0.2, -0.15) is 0 Å². The topological polar surface area (TPSA) is 88.6 Å². The minimum Gasteiger partial charge on any atom is -0.482 e. The molecule has 146 valence electrons. The zero-order valence-corrected chi connectivity index (χ0v) is 16.6. The number of piperidine rings is 1. The van der Waals surface area contributed by atoms with Crippen molar-refractivity contribution in [1.82, 2.24) is 9.88 Å². The number of fused-ring (bicyclic) bond motifs is 1. The molecule has 1 N–H and O–H groups in total. The summed E-state index contributed by atoms with van der Waals surface area (Å²) in [5, 5.41) is 3.62. The van der Waals surface area contributed by atoms with E-state index in [1.807, 2.05) is 18.7 Å². The van der Waals surface area contributed by atoms with Crippen LogP contribution in [-0.2, 0) is 4.79 Å². The number of carbonyl (C=O) groups excluding carboxylic acids is 3. The second-order valence-corrected chi connectivity index (χ2v) is 8.33. The molecule has 28 heavy (non-hydrogen) atoms. The van der Waals surface area contributed by atoms with Gasteiger partial charge in [0, 0.05) is 24.6 Å². The van der Waals surface area contributed by atoms with Crippen LogP contribution in [0.15, 0.2) is 18.2 Å². The van der Waals surface area contributed by atoms with Crippen LogP contribution in [0.25, 0.3) is 0 Å². The summed E-state index contributed by atoms with van der Waals surface area (Å²) in [4.78, 5) is 43.9. The van der Waals surface area contributed by atoms with Crippen LogP contribution in [0.3, 0.4) is 0 Å². The molecule has 1 aromatic heterocycles. The smallest absolute Gasteiger partial charge is 0.265 e. The molecule has 2 aliphatic heterocycles. The lowest BCUT2D eigenvalue weighted by atomic mass is 9.88. The lowest BCUT2D eigenvalue weighted by Gasteiger charge is -2.31. The van der Waals surface area contributed by atoms with E-state index < -0.39 is 0 Å². The molecule has 2 aliphatic rings. The highest BCUT2D eigenvalue weighted by molar-refractivity contribution is 7.13. The van der Waals surface area contributed by atoms with E-state index in [0.29, 0.717) is 47.8 Å². The number of nitrogens with one attached hydrogen (secondary N) is 1. The Morgan fingerprint density at radius 1 is 1.25 bits per heavy atom. The Morgan fingerprint density at radius 3 is 2.68 bits per heavy atom. The van der Waals surface area contributed by atoms with E-state index in [1.54, 1.807) is 18.2 Å². The fourth-order valence-electron chi connectivity index (χ4n) is 3.69. The van der Waals surface area contributed by atoms with Gasteiger partial charge in [0.25, 0.3) is 11.8 Å². The highest BCUT2D eigenvalue weighted by atomic mass is 32.1. The predicted molar refractivity (Wildman–Crippen MR) is 105 cm³/mol. The van der Waals surface area contributed by atoms with Gasteiger partial charge in [-0.3, -0.25) is 14.4 Å². The Bertz CT molecular complexity index is 960. The van der Waals surface area contributed by atoms with Crippen molar-refractivity contribution in [1.29, 1.82) is 0 Å². The quantitative estimate of drug-likeness (QED) is 0.802. The van der Waals surface area contributed by atoms with E-state index in [-0.39, 0.29) is 30.1 Å². The molecule has 4 rings (SSSR count). The summed E-state index contributed by atoms with van der Waals surface area (Å²) < 4.78 is 5.34. The number of rotatable bonds is 3. The normalized spacial score (nSPS) is 16.9. The first kappa shape index (κ1) is 18.6. The summed E-state index contributed by atoms with van der Waals surface area (Å²) in [6.45, 7) is 4.84. The fourth-order valence-corrected chi connectivity index (χ4v) is 4.58. The van der Waals surface area contributed by atoms with Crippen molar-refractivity contribution in [3.05, 3.63) is 39.3 Å². The van der Waals surface area contributed by atoms with Gasteiger partial charge in [-0.05, 0) is 44.9 Å². The molecular weight excluding hydrogens is 378 g/mol. The number of Topliss-reactive ketones (excluding diaryl/α,β-unsaturated/α-hetero) is 1. The molecule has 3 heterocycles. The summed E-state index contributed by atoms with van der Waals surface area (Å²) in [6, 6.07) is 5.13. The van der Waals surface area contributed by atoms with Gasteiger partial charge < -0.3 is 15.0 Å². The number of nitrogens with zero attached hydrogens (tertiary/aromatic N) is 2. The molecule has 2 amide bonds. The van der Waals surface area contributed by atoms with Crippen LogP contribution in [0.2, 0.25) is 0 Å². The number of aromatic nitrogens is 1. The summed E-state index contributed by atoms with van der Waals surface area (Å²) in [6.07, 6.45) is 1.25. The number of anilines is 1. The third-order valence-electron chi connectivity index (χ3n) is 5.15. The van der Waals surface area contributed by atoms with Crippen LogP contribution in [0, 0.1) is 19.8 Å². The van der Waals surface area contributed by atoms with E-state index >= 15 is 0 Å². The predicted octanol–water partition coefficient (Wildman–Crippen LogP) is 2.83. The van der Waals surface area contributed by atoms with E-state index in [2.05, 4.69) is 10.3 Å². The van der Waals surface area contributed by atoms with Gasteiger partial charge >= 0.3 is 0 Å². The molecule has 1 aromatic carbocycles. The SMILES string of the molecule is Cc1nc(C)c(C(=O)N2CCC(C(=O)c3ccc4c(c3)NC(=O)CO4)CC2)s1. The molecule has 1 saturated heterocycles. The molecule has 1 fully saturated rings. The van der Waals surface area contributed by atoms with Gasteiger partial charge in [0.15, 0.2) is 12.4 Å². The molecule has 0 radical (unpaired) electrons. The fraction of sp³-hybridized carbons (Fsp3) is 0.400. The van der Waals surface area contributed by atoms with E-state index in [9.17, 15) is 14.4 Å². The van der Waals surface area contributed by atoms with Crippen LogP contribution in [0.5, 0.6) is 5.75 Å². The van der Waals surface area contributed by atoms with Gasteiger partial charge in [0.2, 0.25) is 0 Å². The van der Waals surface area contributed by atoms with Gasteiger partial charge in [-0.15, -0.1) is 11.3 Å². The minimum absolute atomic E-state index is 0.00245. The summed E-state index contributed by atoms with van der Waals surface area (Å²) in [7, 11) is 0. The minimum atomic E-state index is -0.225. The Labute approximate surface area is 166 Å². The van der Waals surface area contributed by atoms with Crippen molar-refractivity contribution >= 4 is 34.6 Å². The third kappa shape index (κ3) is 3.52. The molecule has 0 bridgehead atoms. The first-order valence-electron chi connectivity index (χ1n) is 9.26. The van der Waals surface area contributed by atoms with Crippen molar-refractivity contribution < 1.29 is 19.1 Å². The maximum Gasteiger partial charge on any atom is 0.265 e. The van der Waals surface area contributed by atoms with Crippen molar-refractivity contribution in [3.63, 3.8) is 0 Å². The summed E-state index contributed by atoms with van der Waals surface area (Å²) >= 11 is 1.42. The molecule has 2 aromatic rings. The monoisotopic (exact) mass is 399 g/mol. The first-order valence-corrected chi connectivity index (χ1v) is 10.1. The van der Waals surface area contributed by atoms with Crippen molar-refractivity contribution in [2.75, 3.05) is 25.0 Å². The standard InChI is InChI=1S/C20H21N3O4S/c1-11-19(28-12(2)21-11)20(26)23-7-5-13(6-8-23)18(25)14-3-4-16-15(9-14)22-17(24)10-27-16/h3-4,9,13H,5-8,10H2,1-2H3,(H,22,24). The number of hydrogen-bond acceptors (Lipinski definition) is 6. The lowest BCUT2D eigenvalue weighted by Crippen LogP contribution is -2.40. The van der Waals surface area contributed by atoms with Crippen LogP contribution in [-0.4, -0.2) is 47.2 Å². The van der Waals surface area contributed by atoms with Crippen LogP contribution < -0.4 is 10.1 Å². The van der Waals surface area contributed by atoms with Crippen LogP contribution >= 0.6 is 11.3 Å². The van der Waals surface area contributed by atoms with Crippen molar-refractivity contribution in [3.8, 4) is 5.75 Å². The van der Waals surface area contributed by atoms with Crippen molar-refractivity contribution in [2.24, 2.45) is 5.92 Å². The zero-order chi connectivity index (χ0) is 19.8. The maximum atomic E-state index is 12.9. The zero-order valence-electron chi connectivity index (χ0n) is 15.8. The Kier molecular flexibility index (Phi) is 4.89. The second kappa shape index (κ2) is 7.35. The molecule has 0 saturated carbocycles. The van der Waals surface area contributed by atoms with E-state index in [0.717, 1.165) is 10.7 Å². The van der Waals surface area contributed by atoms with Gasteiger partial charge in [0.1, 0.15) is 10.6 Å². The summed E-state index contributed by atoms with van der Waals surface area (Å²) in [5.74, 6) is 0.262. The number of ketones is 1. The average molecular weight is 399 g/mol. The van der Waals surface area contributed by atoms with Gasteiger partial charge in [-0.25, -0.2) is 4.98 Å². The molecule has 0 unspecified atom stereocenters. The van der Waals surface area contributed by atoms with Crippen LogP contribution in [0.4, 0.5) is 5.69 Å². The lowest BCUT2D eigenvalue weighted by molar-refractivity contribution is -0.118. The Hall–Kier alpha value is -2.74. The largest absolute Gasteiger partial charge is 0.482 e. The van der Waals surface area contributed by atoms with E-state index in [4.69, 9.17) is 4.74 Å². The van der Waals surface area contributed by atoms with Crippen molar-refractivity contribution in [2.45, 2.75) is 26.7 Å². The van der Waals surface area contributed by atoms with Gasteiger partial charge in [-0.1, -0.05) is 0 Å². The van der Waals surface area contributed by atoms with Gasteiger partial charge in [0.05, 0.1) is 16.4 Å².